The summed E-state index contributed by atoms with van der Waals surface area (Å²) in [6.07, 6.45) is -4.83. The van der Waals surface area contributed by atoms with Gasteiger partial charge in [-0.05, 0) is 18.6 Å². The van der Waals surface area contributed by atoms with Gasteiger partial charge in [0.25, 0.3) is 5.79 Å². The SMILES string of the molecule is Cc1c(C2=C(O)C(O)(O)C(O)C(O)[C@]2(O)NC=O)cc2c(c1O)OCO2. The second-order valence-corrected chi connectivity index (χ2v) is 6.00. The summed E-state index contributed by atoms with van der Waals surface area (Å²) in [5, 5.41) is 73.0. The largest absolute Gasteiger partial charge is 0.506 e. The number of fused-ring (bicyclic) bond motifs is 1. The summed E-state index contributed by atoms with van der Waals surface area (Å²) in [4.78, 5) is 10.9. The van der Waals surface area contributed by atoms with Crippen molar-refractivity contribution >= 4 is 12.0 Å². The Morgan fingerprint density at radius 3 is 2.46 bits per heavy atom. The lowest BCUT2D eigenvalue weighted by atomic mass is 9.76. The Morgan fingerprint density at radius 1 is 1.19 bits per heavy atom. The molecule has 2 unspecified atom stereocenters. The van der Waals surface area contributed by atoms with E-state index in [0.29, 0.717) is 0 Å². The number of carbonyl (C=O) groups excluding carboxylic acids is 1. The summed E-state index contributed by atoms with van der Waals surface area (Å²) in [5.74, 6) is -5.10. The maximum Gasteiger partial charge on any atom is 0.252 e. The van der Waals surface area contributed by atoms with E-state index in [4.69, 9.17) is 9.47 Å². The summed E-state index contributed by atoms with van der Waals surface area (Å²) < 4.78 is 10.2. The lowest BCUT2D eigenvalue weighted by Crippen LogP contribution is -2.68. The highest BCUT2D eigenvalue weighted by Gasteiger charge is 2.60. The summed E-state index contributed by atoms with van der Waals surface area (Å²) in [7, 11) is 0. The molecule has 142 valence electrons. The minimum atomic E-state index is -3.34. The molecule has 3 rings (SSSR count). The summed E-state index contributed by atoms with van der Waals surface area (Å²) in [6, 6.07) is 1.20. The number of nitrogens with one attached hydrogen (secondary N) is 1. The van der Waals surface area contributed by atoms with Crippen molar-refractivity contribution in [2.45, 2.75) is 30.6 Å². The molecular formula is C15H17NO10. The summed E-state index contributed by atoms with van der Waals surface area (Å²) >= 11 is 0. The fourth-order valence-electron chi connectivity index (χ4n) is 3.06. The van der Waals surface area contributed by atoms with E-state index in [0.717, 1.165) is 0 Å². The van der Waals surface area contributed by atoms with Gasteiger partial charge in [-0.25, -0.2) is 0 Å². The molecule has 0 radical (unpaired) electrons. The molecule has 11 nitrogen and oxygen atoms in total. The standard InChI is InChI=1S/C15H17NO10/c1-5-6(2-7-10(9(5)18)26-4-25-7)8-11(19)15(23,24)13(21)12(20)14(8,22)16-3-17/h2-3,12-13,18-24H,4H2,1H3,(H,16,17)/t12?,13?,14-/m0/s1. The minimum absolute atomic E-state index is 0.00122. The Balaban J connectivity index is 2.35. The van der Waals surface area contributed by atoms with E-state index in [2.05, 4.69) is 0 Å². The molecule has 0 saturated carbocycles. The minimum Gasteiger partial charge on any atom is -0.506 e. The fourth-order valence-corrected chi connectivity index (χ4v) is 3.06. The average Bonchev–Trinajstić information content (AvgIpc) is 3.05. The Labute approximate surface area is 146 Å². The van der Waals surface area contributed by atoms with Gasteiger partial charge in [-0.15, -0.1) is 0 Å². The third kappa shape index (κ3) is 2.22. The molecule has 1 amide bonds. The van der Waals surface area contributed by atoms with Crippen molar-refractivity contribution < 1.29 is 50.0 Å². The van der Waals surface area contributed by atoms with Gasteiger partial charge in [0, 0.05) is 5.56 Å². The van der Waals surface area contributed by atoms with E-state index in [9.17, 15) is 40.5 Å². The molecule has 1 aliphatic carbocycles. The highest BCUT2D eigenvalue weighted by atomic mass is 16.7. The molecule has 0 bridgehead atoms. The van der Waals surface area contributed by atoms with Crippen LogP contribution in [0.3, 0.4) is 0 Å². The molecule has 1 heterocycles. The maximum absolute atomic E-state index is 10.9. The number of hydrogen-bond donors (Lipinski definition) is 8. The Hall–Kier alpha value is -2.57. The monoisotopic (exact) mass is 371 g/mol. The molecule has 3 atom stereocenters. The number of benzene rings is 1. The summed E-state index contributed by atoms with van der Waals surface area (Å²) in [6.45, 7) is 1.14. The number of aliphatic hydroxyl groups is 6. The van der Waals surface area contributed by atoms with E-state index in [1.54, 1.807) is 0 Å². The normalized spacial score (nSPS) is 29.6. The molecule has 1 aliphatic heterocycles. The third-order valence-electron chi connectivity index (χ3n) is 4.55. The van der Waals surface area contributed by atoms with Crippen molar-refractivity contribution in [3.63, 3.8) is 0 Å². The van der Waals surface area contributed by atoms with Gasteiger partial charge in [0.05, 0.1) is 5.57 Å². The van der Waals surface area contributed by atoms with Crippen LogP contribution in [0.4, 0.5) is 0 Å². The van der Waals surface area contributed by atoms with Crippen LogP contribution in [-0.2, 0) is 4.79 Å². The number of hydrogen-bond acceptors (Lipinski definition) is 10. The number of aliphatic hydroxyl groups excluding tert-OH is 3. The van der Waals surface area contributed by atoms with Crippen molar-refractivity contribution in [1.82, 2.24) is 5.32 Å². The fraction of sp³-hybridized carbons (Fsp3) is 0.400. The third-order valence-corrected chi connectivity index (χ3v) is 4.55. The van der Waals surface area contributed by atoms with E-state index in [-0.39, 0.29) is 35.8 Å². The van der Waals surface area contributed by atoms with Gasteiger partial charge in [0.2, 0.25) is 19.0 Å². The van der Waals surface area contributed by atoms with Gasteiger partial charge in [0.1, 0.15) is 12.2 Å². The predicted octanol–water partition coefficient (Wildman–Crippen LogP) is -2.45. The van der Waals surface area contributed by atoms with E-state index in [1.807, 2.05) is 5.32 Å². The van der Waals surface area contributed by atoms with Gasteiger partial charge in [-0.1, -0.05) is 0 Å². The zero-order valence-electron chi connectivity index (χ0n) is 13.4. The van der Waals surface area contributed by atoms with Crippen LogP contribution in [0.1, 0.15) is 11.1 Å². The highest BCUT2D eigenvalue weighted by molar-refractivity contribution is 5.83. The van der Waals surface area contributed by atoms with Gasteiger partial charge in [-0.3, -0.25) is 4.79 Å². The molecule has 11 heteroatoms. The van der Waals surface area contributed by atoms with Gasteiger partial charge in [0.15, 0.2) is 23.0 Å². The van der Waals surface area contributed by atoms with Crippen LogP contribution >= 0.6 is 0 Å². The second kappa shape index (κ2) is 5.72. The number of phenolic OH excluding ortho intramolecular Hbond substituents is 1. The Morgan fingerprint density at radius 2 is 1.85 bits per heavy atom. The lowest BCUT2D eigenvalue weighted by molar-refractivity contribution is -0.266. The van der Waals surface area contributed by atoms with Crippen LogP contribution in [0, 0.1) is 6.92 Å². The number of aromatic hydroxyl groups is 1. The quantitative estimate of drug-likeness (QED) is 0.209. The van der Waals surface area contributed by atoms with E-state index < -0.39 is 40.8 Å². The van der Waals surface area contributed by atoms with Crippen LogP contribution < -0.4 is 14.8 Å². The number of amides is 1. The molecule has 2 aliphatic rings. The zero-order chi connectivity index (χ0) is 19.4. The molecule has 8 N–H and O–H groups in total. The average molecular weight is 371 g/mol. The van der Waals surface area contributed by atoms with Crippen LogP contribution in [-0.4, -0.2) is 72.7 Å². The highest BCUT2D eigenvalue weighted by Crippen LogP contribution is 2.49. The molecule has 0 fully saturated rings. The first-order chi connectivity index (χ1) is 12.1. The number of carbonyl (C=O) groups is 1. The molecule has 0 aromatic heterocycles. The molecule has 0 spiro atoms. The molecule has 1 aromatic carbocycles. The topological polar surface area (TPSA) is 189 Å². The first kappa shape index (κ1) is 18.2. The van der Waals surface area contributed by atoms with E-state index in [1.165, 1.54) is 13.0 Å². The number of rotatable bonds is 3. The zero-order valence-corrected chi connectivity index (χ0v) is 13.4. The molecule has 0 saturated heterocycles. The lowest BCUT2D eigenvalue weighted by Gasteiger charge is -2.45. The van der Waals surface area contributed by atoms with Crippen LogP contribution in [0.2, 0.25) is 0 Å². The number of phenols is 1. The first-order valence-electron chi connectivity index (χ1n) is 7.38. The van der Waals surface area contributed by atoms with Gasteiger partial charge >= 0.3 is 0 Å². The Kier molecular flexibility index (Phi) is 4.01. The molecular weight excluding hydrogens is 354 g/mol. The summed E-state index contributed by atoms with van der Waals surface area (Å²) in [5.41, 5.74) is -3.76. The predicted molar refractivity (Wildman–Crippen MR) is 81.8 cm³/mol. The molecule has 1 aromatic rings. The van der Waals surface area contributed by atoms with Crippen molar-refractivity contribution in [2.24, 2.45) is 0 Å². The number of ether oxygens (including phenoxy) is 2. The molecule has 26 heavy (non-hydrogen) atoms. The van der Waals surface area contributed by atoms with Crippen molar-refractivity contribution in [2.75, 3.05) is 6.79 Å². The van der Waals surface area contributed by atoms with Crippen LogP contribution in [0.25, 0.3) is 5.57 Å². The van der Waals surface area contributed by atoms with Crippen molar-refractivity contribution in [3.8, 4) is 17.2 Å². The smallest absolute Gasteiger partial charge is 0.252 e. The van der Waals surface area contributed by atoms with Crippen molar-refractivity contribution in [1.29, 1.82) is 0 Å². The second-order valence-electron chi connectivity index (χ2n) is 6.00. The van der Waals surface area contributed by atoms with Crippen molar-refractivity contribution in [3.05, 3.63) is 23.0 Å². The van der Waals surface area contributed by atoms with Gasteiger partial charge in [-0.2, -0.15) is 0 Å². The van der Waals surface area contributed by atoms with Crippen LogP contribution in [0.15, 0.2) is 11.8 Å². The van der Waals surface area contributed by atoms with E-state index >= 15 is 0 Å². The van der Waals surface area contributed by atoms with Crippen LogP contribution in [0.5, 0.6) is 17.2 Å². The maximum atomic E-state index is 10.9. The van der Waals surface area contributed by atoms with Gasteiger partial charge < -0.3 is 50.5 Å². The Bertz CT molecular complexity index is 804. The first-order valence-corrected chi connectivity index (χ1v) is 7.38.